The van der Waals surface area contributed by atoms with Gasteiger partial charge in [-0.05, 0) is 43.9 Å². The van der Waals surface area contributed by atoms with Crippen LogP contribution in [0.4, 0.5) is 0 Å². The van der Waals surface area contributed by atoms with Crippen molar-refractivity contribution in [3.05, 3.63) is 29.8 Å². The number of hydrogen-bond donors (Lipinski definition) is 1. The van der Waals surface area contributed by atoms with E-state index in [0.29, 0.717) is 25.9 Å². The molecule has 2 unspecified atom stereocenters. The van der Waals surface area contributed by atoms with E-state index in [1.54, 1.807) is 7.11 Å². The molecule has 0 aliphatic carbocycles. The van der Waals surface area contributed by atoms with Crippen molar-refractivity contribution < 1.29 is 14.3 Å². The Morgan fingerprint density at radius 3 is 2.92 bits per heavy atom. The minimum absolute atomic E-state index is 0. The van der Waals surface area contributed by atoms with Gasteiger partial charge < -0.3 is 20.1 Å². The molecule has 24 heavy (non-hydrogen) atoms. The second kappa shape index (κ2) is 10.5. The third-order valence-corrected chi connectivity index (χ3v) is 4.12. The highest BCUT2D eigenvalue weighted by Gasteiger charge is 2.22. The van der Waals surface area contributed by atoms with E-state index in [4.69, 9.17) is 15.2 Å². The highest BCUT2D eigenvalue weighted by Crippen LogP contribution is 2.18. The fourth-order valence-corrected chi connectivity index (χ4v) is 2.79. The fourth-order valence-electron chi connectivity index (χ4n) is 2.79. The molecule has 136 valence electrons. The largest absolute Gasteiger partial charge is 0.497 e. The van der Waals surface area contributed by atoms with Gasteiger partial charge in [0.15, 0.2) is 0 Å². The first-order valence-corrected chi connectivity index (χ1v) is 8.36. The average molecular weight is 357 g/mol. The normalized spacial score (nSPS) is 17.9. The molecule has 1 aliphatic heterocycles. The number of ether oxygens (including phenoxy) is 2. The number of amides is 1. The second-order valence-corrected chi connectivity index (χ2v) is 6.28. The maximum absolute atomic E-state index is 12.6. The van der Waals surface area contributed by atoms with E-state index in [0.717, 1.165) is 30.8 Å². The van der Waals surface area contributed by atoms with Gasteiger partial charge in [0.25, 0.3) is 0 Å². The van der Waals surface area contributed by atoms with E-state index in [1.165, 1.54) is 0 Å². The lowest BCUT2D eigenvalue weighted by Crippen LogP contribution is -2.37. The quantitative estimate of drug-likeness (QED) is 0.777. The topological polar surface area (TPSA) is 64.8 Å². The van der Waals surface area contributed by atoms with Crippen LogP contribution < -0.4 is 10.5 Å². The van der Waals surface area contributed by atoms with E-state index >= 15 is 0 Å². The number of hydrogen-bond acceptors (Lipinski definition) is 4. The summed E-state index contributed by atoms with van der Waals surface area (Å²) >= 11 is 0. The maximum atomic E-state index is 12.6. The van der Waals surface area contributed by atoms with Gasteiger partial charge in [0.1, 0.15) is 5.75 Å². The predicted molar refractivity (Wildman–Crippen MR) is 97.5 cm³/mol. The molecule has 0 spiro atoms. The van der Waals surface area contributed by atoms with Crippen LogP contribution in [0.5, 0.6) is 5.75 Å². The van der Waals surface area contributed by atoms with Crippen LogP contribution >= 0.6 is 12.4 Å². The van der Waals surface area contributed by atoms with E-state index in [9.17, 15) is 4.79 Å². The van der Waals surface area contributed by atoms with Crippen LogP contribution in [0, 0.1) is 0 Å². The van der Waals surface area contributed by atoms with Crippen LogP contribution in [0.25, 0.3) is 0 Å². The van der Waals surface area contributed by atoms with Crippen molar-refractivity contribution in [3.8, 4) is 5.75 Å². The van der Waals surface area contributed by atoms with Gasteiger partial charge in [0.2, 0.25) is 5.91 Å². The summed E-state index contributed by atoms with van der Waals surface area (Å²) < 4.78 is 11.0. The Morgan fingerprint density at radius 1 is 1.50 bits per heavy atom. The van der Waals surface area contributed by atoms with E-state index < -0.39 is 0 Å². The van der Waals surface area contributed by atoms with Crippen molar-refractivity contribution in [2.75, 3.05) is 20.3 Å². The van der Waals surface area contributed by atoms with Gasteiger partial charge in [-0.25, -0.2) is 0 Å². The Balaban J connectivity index is 0.00000288. The van der Waals surface area contributed by atoms with Gasteiger partial charge in [-0.15, -0.1) is 12.4 Å². The molecule has 1 heterocycles. The zero-order valence-electron chi connectivity index (χ0n) is 14.6. The van der Waals surface area contributed by atoms with Crippen LogP contribution in [0.1, 0.15) is 38.2 Å². The van der Waals surface area contributed by atoms with Crippen LogP contribution in [0.2, 0.25) is 0 Å². The first-order valence-electron chi connectivity index (χ1n) is 8.36. The molecular formula is C18H29ClN2O3. The highest BCUT2D eigenvalue weighted by molar-refractivity contribution is 5.85. The van der Waals surface area contributed by atoms with E-state index in [1.807, 2.05) is 36.1 Å². The predicted octanol–water partition coefficient (Wildman–Crippen LogP) is 2.75. The molecule has 1 aromatic rings. The molecular weight excluding hydrogens is 328 g/mol. The first-order chi connectivity index (χ1) is 11.1. The summed E-state index contributed by atoms with van der Waals surface area (Å²) in [6.07, 6.45) is 3.44. The first kappa shape index (κ1) is 20.7. The summed E-state index contributed by atoms with van der Waals surface area (Å²) in [6, 6.07) is 7.89. The minimum Gasteiger partial charge on any atom is -0.497 e. The second-order valence-electron chi connectivity index (χ2n) is 6.28. The van der Waals surface area contributed by atoms with Crippen LogP contribution in [-0.2, 0) is 16.1 Å². The molecule has 2 rings (SSSR count). The van der Waals surface area contributed by atoms with Gasteiger partial charge in [-0.3, -0.25) is 4.79 Å². The van der Waals surface area contributed by atoms with Gasteiger partial charge >= 0.3 is 0 Å². The molecule has 1 amide bonds. The SMILES string of the molecule is COc1cccc(CN(CC2CCCO2)C(=O)CCC(C)N)c1.Cl. The lowest BCUT2D eigenvalue weighted by molar-refractivity contribution is -0.133. The molecule has 2 N–H and O–H groups in total. The Kier molecular flexibility index (Phi) is 9.11. The van der Waals surface area contributed by atoms with Crippen LogP contribution in [0.15, 0.2) is 24.3 Å². The van der Waals surface area contributed by atoms with Gasteiger partial charge in [0, 0.05) is 32.2 Å². The molecule has 5 nitrogen and oxygen atoms in total. The Hall–Kier alpha value is -1.30. The van der Waals surface area contributed by atoms with Crippen molar-refractivity contribution in [1.29, 1.82) is 0 Å². The third-order valence-electron chi connectivity index (χ3n) is 4.12. The number of rotatable bonds is 8. The van der Waals surface area contributed by atoms with Gasteiger partial charge in [-0.1, -0.05) is 12.1 Å². The standard InChI is InChI=1S/C18H28N2O3.ClH/c1-14(19)8-9-18(21)20(13-17-7-4-10-23-17)12-15-5-3-6-16(11-15)22-2;/h3,5-6,11,14,17H,4,7-10,12-13,19H2,1-2H3;1H. The third kappa shape index (κ3) is 6.67. The Bertz CT molecular complexity index is 505. The highest BCUT2D eigenvalue weighted by atomic mass is 35.5. The Labute approximate surface area is 150 Å². The van der Waals surface area contributed by atoms with Crippen molar-refractivity contribution in [2.24, 2.45) is 5.73 Å². The molecule has 0 saturated carbocycles. The zero-order valence-corrected chi connectivity index (χ0v) is 15.4. The zero-order chi connectivity index (χ0) is 16.7. The van der Waals surface area contributed by atoms with Crippen molar-refractivity contribution >= 4 is 18.3 Å². The van der Waals surface area contributed by atoms with Crippen molar-refractivity contribution in [1.82, 2.24) is 4.90 Å². The summed E-state index contributed by atoms with van der Waals surface area (Å²) in [5.41, 5.74) is 6.85. The van der Waals surface area contributed by atoms with Crippen LogP contribution in [-0.4, -0.2) is 43.2 Å². The van der Waals surface area contributed by atoms with Crippen LogP contribution in [0.3, 0.4) is 0 Å². The lowest BCUT2D eigenvalue weighted by atomic mass is 10.1. The molecule has 1 aliphatic rings. The van der Waals surface area contributed by atoms with E-state index in [2.05, 4.69) is 0 Å². The number of carbonyl (C=O) groups is 1. The van der Waals surface area contributed by atoms with Crippen molar-refractivity contribution in [3.63, 3.8) is 0 Å². The monoisotopic (exact) mass is 356 g/mol. The minimum atomic E-state index is 0. The molecule has 1 fully saturated rings. The summed E-state index contributed by atoms with van der Waals surface area (Å²) in [6.45, 7) is 3.95. The molecule has 1 saturated heterocycles. The molecule has 1 aromatic carbocycles. The fraction of sp³-hybridized carbons (Fsp3) is 0.611. The number of nitrogens with two attached hydrogens (primary N) is 1. The Morgan fingerprint density at radius 2 is 2.29 bits per heavy atom. The summed E-state index contributed by atoms with van der Waals surface area (Å²) in [7, 11) is 1.65. The molecule has 0 aromatic heterocycles. The smallest absolute Gasteiger partial charge is 0.223 e. The van der Waals surface area contributed by atoms with Gasteiger partial charge in [-0.2, -0.15) is 0 Å². The molecule has 0 bridgehead atoms. The number of methoxy groups -OCH3 is 1. The number of halogens is 1. The average Bonchev–Trinajstić information content (AvgIpc) is 3.05. The molecule has 6 heteroatoms. The number of carbonyl (C=O) groups excluding carboxylic acids is 1. The molecule has 2 atom stereocenters. The lowest BCUT2D eigenvalue weighted by Gasteiger charge is -2.26. The summed E-state index contributed by atoms with van der Waals surface area (Å²) in [5, 5.41) is 0. The maximum Gasteiger partial charge on any atom is 0.223 e. The van der Waals surface area contributed by atoms with E-state index in [-0.39, 0.29) is 30.5 Å². The summed E-state index contributed by atoms with van der Waals surface area (Å²) in [4.78, 5) is 14.5. The number of benzene rings is 1. The summed E-state index contributed by atoms with van der Waals surface area (Å²) in [5.74, 6) is 0.947. The van der Waals surface area contributed by atoms with Gasteiger partial charge in [0.05, 0.1) is 13.2 Å². The molecule has 0 radical (unpaired) electrons. The van der Waals surface area contributed by atoms with Crippen molar-refractivity contribution in [2.45, 2.75) is 51.3 Å². The number of nitrogens with zero attached hydrogens (tertiary/aromatic N) is 1.